The Morgan fingerprint density at radius 1 is 1.47 bits per heavy atom. The molecule has 4 nitrogen and oxygen atoms in total. The number of methoxy groups -OCH3 is 1. The van der Waals surface area contributed by atoms with Gasteiger partial charge in [0.05, 0.1) is 12.8 Å². The Balaban J connectivity index is 1.94. The molecule has 2 atom stereocenters. The number of nitrogens with one attached hydrogen (secondary N) is 1. The molecule has 2 unspecified atom stereocenters. The van der Waals surface area contributed by atoms with Crippen LogP contribution in [0, 0.1) is 11.8 Å². The van der Waals surface area contributed by atoms with Crippen molar-refractivity contribution in [1.29, 1.82) is 0 Å². The summed E-state index contributed by atoms with van der Waals surface area (Å²) in [6, 6.07) is 3.60. The molecular formula is C13H21N3O. The minimum atomic E-state index is 0.599. The minimum Gasteiger partial charge on any atom is -0.481 e. The summed E-state index contributed by atoms with van der Waals surface area (Å²) in [7, 11) is 1.61. The Morgan fingerprint density at radius 2 is 2.29 bits per heavy atom. The van der Waals surface area contributed by atoms with Gasteiger partial charge < -0.3 is 15.8 Å². The van der Waals surface area contributed by atoms with E-state index in [-0.39, 0.29) is 0 Å². The first-order valence-corrected chi connectivity index (χ1v) is 6.23. The van der Waals surface area contributed by atoms with Gasteiger partial charge in [-0.15, -0.1) is 0 Å². The van der Waals surface area contributed by atoms with E-state index in [1.165, 1.54) is 19.3 Å². The highest BCUT2D eigenvalue weighted by molar-refractivity contribution is 5.61. The van der Waals surface area contributed by atoms with Crippen LogP contribution in [-0.2, 0) is 0 Å². The van der Waals surface area contributed by atoms with E-state index in [0.29, 0.717) is 11.6 Å². The van der Waals surface area contributed by atoms with Gasteiger partial charge in [0.1, 0.15) is 0 Å². The molecule has 1 aromatic heterocycles. The summed E-state index contributed by atoms with van der Waals surface area (Å²) >= 11 is 0. The number of aromatic nitrogens is 1. The zero-order valence-corrected chi connectivity index (χ0v) is 10.6. The van der Waals surface area contributed by atoms with E-state index in [9.17, 15) is 0 Å². The molecule has 1 aliphatic carbocycles. The Hall–Kier alpha value is -1.45. The van der Waals surface area contributed by atoms with Gasteiger partial charge in [-0.05, 0) is 30.7 Å². The number of rotatable bonds is 4. The van der Waals surface area contributed by atoms with E-state index in [1.807, 2.05) is 6.07 Å². The fraction of sp³-hybridized carbons (Fsp3) is 0.615. The number of pyridine rings is 1. The monoisotopic (exact) mass is 235 g/mol. The zero-order chi connectivity index (χ0) is 12.3. The second-order valence-electron chi connectivity index (χ2n) is 4.96. The van der Waals surface area contributed by atoms with E-state index in [2.05, 4.69) is 17.2 Å². The first-order valence-electron chi connectivity index (χ1n) is 6.23. The van der Waals surface area contributed by atoms with Gasteiger partial charge in [-0.1, -0.05) is 13.3 Å². The summed E-state index contributed by atoms with van der Waals surface area (Å²) in [5.74, 6) is 2.94. The van der Waals surface area contributed by atoms with Gasteiger partial charge in [-0.2, -0.15) is 4.98 Å². The Kier molecular flexibility index (Phi) is 3.71. The molecule has 1 fully saturated rings. The van der Waals surface area contributed by atoms with Crippen LogP contribution in [0.5, 0.6) is 5.88 Å². The number of anilines is 2. The van der Waals surface area contributed by atoms with Crippen LogP contribution in [0.3, 0.4) is 0 Å². The number of nitrogens with zero attached hydrogens (tertiary/aromatic N) is 1. The van der Waals surface area contributed by atoms with E-state index >= 15 is 0 Å². The highest BCUT2D eigenvalue weighted by Crippen LogP contribution is 2.30. The maximum Gasteiger partial charge on any atom is 0.215 e. The van der Waals surface area contributed by atoms with E-state index in [1.54, 1.807) is 13.2 Å². The average molecular weight is 235 g/mol. The Morgan fingerprint density at radius 3 is 2.94 bits per heavy atom. The maximum atomic E-state index is 5.88. The molecule has 1 aliphatic rings. The smallest absolute Gasteiger partial charge is 0.215 e. The van der Waals surface area contributed by atoms with Crippen molar-refractivity contribution in [1.82, 2.24) is 4.98 Å². The van der Waals surface area contributed by atoms with Crippen LogP contribution in [0.2, 0.25) is 0 Å². The molecule has 0 spiro atoms. The zero-order valence-electron chi connectivity index (χ0n) is 10.6. The summed E-state index contributed by atoms with van der Waals surface area (Å²) in [5, 5.41) is 3.33. The number of hydrogen-bond acceptors (Lipinski definition) is 4. The van der Waals surface area contributed by atoms with Crippen LogP contribution < -0.4 is 15.8 Å². The molecule has 4 heteroatoms. The van der Waals surface area contributed by atoms with Crippen LogP contribution in [0.25, 0.3) is 0 Å². The minimum absolute atomic E-state index is 0.599. The van der Waals surface area contributed by atoms with Crippen LogP contribution in [0.15, 0.2) is 12.1 Å². The van der Waals surface area contributed by atoms with Gasteiger partial charge >= 0.3 is 0 Å². The topological polar surface area (TPSA) is 60.2 Å². The molecule has 3 N–H and O–H groups in total. The van der Waals surface area contributed by atoms with Crippen molar-refractivity contribution in [2.45, 2.75) is 26.2 Å². The molecule has 1 aromatic rings. The number of ether oxygens (including phenoxy) is 1. The van der Waals surface area contributed by atoms with Gasteiger partial charge in [0, 0.05) is 12.6 Å². The lowest BCUT2D eigenvalue weighted by atomic mass is 10.1. The van der Waals surface area contributed by atoms with Crippen molar-refractivity contribution in [2.24, 2.45) is 11.8 Å². The molecule has 17 heavy (non-hydrogen) atoms. The lowest BCUT2D eigenvalue weighted by Gasteiger charge is -2.13. The van der Waals surface area contributed by atoms with Crippen LogP contribution >= 0.6 is 0 Å². The standard InChI is InChI=1S/C13H21N3O/c1-9-3-4-10(7-9)8-15-13-11(14)5-6-12(16-13)17-2/h5-6,9-10H,3-4,7-8,14H2,1-2H3,(H,15,16). The Bertz CT molecular complexity index is 381. The molecule has 1 heterocycles. The van der Waals surface area contributed by atoms with Gasteiger partial charge in [0.2, 0.25) is 5.88 Å². The van der Waals surface area contributed by atoms with E-state index < -0.39 is 0 Å². The van der Waals surface area contributed by atoms with Gasteiger partial charge in [-0.25, -0.2) is 0 Å². The third-order valence-corrected chi connectivity index (χ3v) is 3.47. The molecule has 0 amide bonds. The second kappa shape index (κ2) is 5.25. The summed E-state index contributed by atoms with van der Waals surface area (Å²) in [4.78, 5) is 4.31. The average Bonchev–Trinajstić information content (AvgIpc) is 2.74. The lowest BCUT2D eigenvalue weighted by Crippen LogP contribution is -2.13. The predicted octanol–water partition coefficient (Wildman–Crippen LogP) is 2.52. The molecular weight excluding hydrogens is 214 g/mol. The molecule has 0 aliphatic heterocycles. The van der Waals surface area contributed by atoms with E-state index in [4.69, 9.17) is 10.5 Å². The van der Waals surface area contributed by atoms with Crippen LogP contribution in [0.1, 0.15) is 26.2 Å². The number of nitrogens with two attached hydrogens (primary N) is 1. The first kappa shape index (κ1) is 12.0. The SMILES string of the molecule is COc1ccc(N)c(NCC2CCC(C)C2)n1. The van der Waals surface area contributed by atoms with Gasteiger partial charge in [-0.3, -0.25) is 0 Å². The Labute approximate surface area is 103 Å². The maximum absolute atomic E-state index is 5.88. The number of nitrogen functional groups attached to an aromatic ring is 1. The van der Waals surface area contributed by atoms with Crippen molar-refractivity contribution in [2.75, 3.05) is 24.7 Å². The van der Waals surface area contributed by atoms with Crippen molar-refractivity contribution in [3.8, 4) is 5.88 Å². The molecule has 0 bridgehead atoms. The van der Waals surface area contributed by atoms with Gasteiger partial charge in [0.25, 0.3) is 0 Å². The first-order chi connectivity index (χ1) is 8.19. The summed E-state index contributed by atoms with van der Waals surface area (Å²) < 4.78 is 5.09. The quantitative estimate of drug-likeness (QED) is 0.842. The lowest BCUT2D eigenvalue weighted by molar-refractivity contribution is 0.398. The fourth-order valence-corrected chi connectivity index (χ4v) is 2.46. The van der Waals surface area contributed by atoms with Crippen LogP contribution in [-0.4, -0.2) is 18.6 Å². The predicted molar refractivity (Wildman–Crippen MR) is 70.2 cm³/mol. The summed E-state index contributed by atoms with van der Waals surface area (Å²) in [5.41, 5.74) is 6.55. The van der Waals surface area contributed by atoms with Gasteiger partial charge in [0.15, 0.2) is 5.82 Å². The molecule has 0 saturated heterocycles. The highest BCUT2D eigenvalue weighted by Gasteiger charge is 2.21. The highest BCUT2D eigenvalue weighted by atomic mass is 16.5. The molecule has 94 valence electrons. The molecule has 0 radical (unpaired) electrons. The second-order valence-corrected chi connectivity index (χ2v) is 4.96. The molecule has 2 rings (SSSR count). The van der Waals surface area contributed by atoms with Crippen molar-refractivity contribution < 1.29 is 4.74 Å². The molecule has 1 saturated carbocycles. The summed E-state index contributed by atoms with van der Waals surface area (Å²) in [6.07, 6.45) is 3.95. The fourth-order valence-electron chi connectivity index (χ4n) is 2.46. The molecule has 0 aromatic carbocycles. The van der Waals surface area contributed by atoms with Crippen LogP contribution in [0.4, 0.5) is 11.5 Å². The largest absolute Gasteiger partial charge is 0.481 e. The third-order valence-electron chi connectivity index (χ3n) is 3.47. The van der Waals surface area contributed by atoms with Crippen molar-refractivity contribution in [3.05, 3.63) is 12.1 Å². The number of hydrogen-bond donors (Lipinski definition) is 2. The van der Waals surface area contributed by atoms with Crippen molar-refractivity contribution >= 4 is 11.5 Å². The third kappa shape index (κ3) is 3.02. The summed E-state index contributed by atoms with van der Waals surface area (Å²) in [6.45, 7) is 3.27. The van der Waals surface area contributed by atoms with E-state index in [0.717, 1.165) is 24.2 Å². The normalized spacial score (nSPS) is 23.6. The van der Waals surface area contributed by atoms with Crippen molar-refractivity contribution in [3.63, 3.8) is 0 Å².